The number of rotatable bonds is 7. The molecule has 1 spiro atoms. The fraction of sp³-hybridized carbons (Fsp3) is 0.481. The summed E-state index contributed by atoms with van der Waals surface area (Å²) in [7, 11) is -3.40. The summed E-state index contributed by atoms with van der Waals surface area (Å²) in [5.74, 6) is -0.486. The number of halogens is 1. The zero-order chi connectivity index (χ0) is 26.1. The van der Waals surface area contributed by atoms with Crippen molar-refractivity contribution in [2.24, 2.45) is 5.73 Å². The average molecular weight is 549 g/mol. The van der Waals surface area contributed by atoms with Gasteiger partial charge in [0.15, 0.2) is 0 Å². The number of carbonyl (C=O) groups is 2. The Morgan fingerprint density at radius 1 is 1.05 bits per heavy atom. The second kappa shape index (κ2) is 11.0. The number of hydrogen-bond acceptors (Lipinski definition) is 5. The van der Waals surface area contributed by atoms with E-state index in [-0.39, 0.29) is 29.6 Å². The standard InChI is InChI=1S/C27H36N4O4S.ClH/c1-26(2,28)25(33)29-22(14-13-20-9-5-4-6-10-20)24(32)30-17-15-27(16-18-30)19-31(36(3,34)35)23-12-8-7-11-21(23)27;/h4-12,22H,13-19,28H2,1-3H3,(H,29,33);1H/t22-;/m1./s1. The van der Waals surface area contributed by atoms with Gasteiger partial charge < -0.3 is 16.0 Å². The Morgan fingerprint density at radius 2 is 1.65 bits per heavy atom. The van der Waals surface area contributed by atoms with Crippen LogP contribution < -0.4 is 15.4 Å². The second-order valence-electron chi connectivity index (χ2n) is 10.7. The Hall–Kier alpha value is -2.62. The Morgan fingerprint density at radius 3 is 2.24 bits per heavy atom. The van der Waals surface area contributed by atoms with Gasteiger partial charge >= 0.3 is 0 Å². The normalized spacial score (nSPS) is 17.6. The van der Waals surface area contributed by atoms with E-state index >= 15 is 0 Å². The summed E-state index contributed by atoms with van der Waals surface area (Å²) < 4.78 is 26.4. The molecule has 0 saturated carbocycles. The number of benzene rings is 2. The summed E-state index contributed by atoms with van der Waals surface area (Å²) in [5.41, 5.74) is 7.43. The smallest absolute Gasteiger partial charge is 0.245 e. The zero-order valence-corrected chi connectivity index (χ0v) is 23.3. The molecule has 2 aliphatic rings. The molecule has 10 heteroatoms. The molecule has 3 N–H and O–H groups in total. The number of nitrogens with zero attached hydrogens (tertiary/aromatic N) is 2. The highest BCUT2D eigenvalue weighted by atomic mass is 35.5. The van der Waals surface area contributed by atoms with E-state index in [1.165, 1.54) is 10.6 Å². The minimum absolute atomic E-state index is 0. The van der Waals surface area contributed by atoms with Crippen molar-refractivity contribution in [2.75, 3.05) is 30.2 Å². The molecule has 202 valence electrons. The van der Waals surface area contributed by atoms with Gasteiger partial charge in [-0.25, -0.2) is 8.42 Å². The third-order valence-electron chi connectivity index (χ3n) is 7.38. The first-order valence-electron chi connectivity index (χ1n) is 12.4. The number of para-hydroxylation sites is 1. The van der Waals surface area contributed by atoms with E-state index in [0.29, 0.717) is 45.3 Å². The van der Waals surface area contributed by atoms with Crippen LogP contribution in [0.15, 0.2) is 54.6 Å². The van der Waals surface area contributed by atoms with E-state index in [1.807, 2.05) is 54.6 Å². The van der Waals surface area contributed by atoms with Gasteiger partial charge in [0.05, 0.1) is 17.5 Å². The van der Waals surface area contributed by atoms with Gasteiger partial charge in [-0.3, -0.25) is 13.9 Å². The second-order valence-corrected chi connectivity index (χ2v) is 12.6. The molecule has 0 bridgehead atoms. The van der Waals surface area contributed by atoms with Crippen molar-refractivity contribution >= 4 is 39.9 Å². The molecule has 2 aliphatic heterocycles. The van der Waals surface area contributed by atoms with Crippen LogP contribution in [-0.4, -0.2) is 62.6 Å². The van der Waals surface area contributed by atoms with Crippen LogP contribution in [0.25, 0.3) is 0 Å². The van der Waals surface area contributed by atoms with E-state index in [4.69, 9.17) is 5.73 Å². The maximum Gasteiger partial charge on any atom is 0.245 e. The number of sulfonamides is 1. The van der Waals surface area contributed by atoms with Crippen LogP contribution in [-0.2, 0) is 31.4 Å². The summed E-state index contributed by atoms with van der Waals surface area (Å²) in [6.07, 6.45) is 3.67. The predicted octanol–water partition coefficient (Wildman–Crippen LogP) is 2.60. The summed E-state index contributed by atoms with van der Waals surface area (Å²) in [6.45, 7) is 4.62. The number of anilines is 1. The van der Waals surface area contributed by atoms with Crippen LogP contribution in [0.4, 0.5) is 5.69 Å². The number of amides is 2. The molecular weight excluding hydrogens is 512 g/mol. The minimum atomic E-state index is -3.40. The maximum atomic E-state index is 13.6. The molecule has 2 amide bonds. The van der Waals surface area contributed by atoms with E-state index in [9.17, 15) is 18.0 Å². The fourth-order valence-corrected chi connectivity index (χ4v) is 6.24. The summed E-state index contributed by atoms with van der Waals surface area (Å²) >= 11 is 0. The maximum absolute atomic E-state index is 13.6. The van der Waals surface area contributed by atoms with Gasteiger partial charge in [-0.1, -0.05) is 48.5 Å². The SMILES string of the molecule is CC(C)(N)C(=O)N[C@H](CCc1ccccc1)C(=O)N1CCC2(CC1)CN(S(C)(=O)=O)c1ccccc12.Cl. The molecular formula is C27H37ClN4O4S. The lowest BCUT2D eigenvalue weighted by molar-refractivity contribution is -0.139. The first kappa shape index (κ1) is 28.9. The van der Waals surface area contributed by atoms with E-state index in [1.54, 1.807) is 18.7 Å². The molecule has 0 unspecified atom stereocenters. The van der Waals surface area contributed by atoms with Crippen molar-refractivity contribution in [3.8, 4) is 0 Å². The van der Waals surface area contributed by atoms with Gasteiger partial charge in [0.25, 0.3) is 0 Å². The first-order chi connectivity index (χ1) is 16.9. The third-order valence-corrected chi connectivity index (χ3v) is 8.50. The highest BCUT2D eigenvalue weighted by Gasteiger charge is 2.47. The van der Waals surface area contributed by atoms with Crippen molar-refractivity contribution in [1.29, 1.82) is 0 Å². The molecule has 1 fully saturated rings. The van der Waals surface area contributed by atoms with Crippen molar-refractivity contribution < 1.29 is 18.0 Å². The zero-order valence-electron chi connectivity index (χ0n) is 21.6. The fourth-order valence-electron chi connectivity index (χ4n) is 5.24. The van der Waals surface area contributed by atoms with Gasteiger partial charge in [0.2, 0.25) is 21.8 Å². The largest absolute Gasteiger partial charge is 0.343 e. The van der Waals surface area contributed by atoms with Crippen molar-refractivity contribution in [2.45, 2.75) is 56.5 Å². The molecule has 1 saturated heterocycles. The topological polar surface area (TPSA) is 113 Å². The van der Waals surface area contributed by atoms with Crippen molar-refractivity contribution in [1.82, 2.24) is 10.2 Å². The van der Waals surface area contributed by atoms with Crippen molar-refractivity contribution in [3.63, 3.8) is 0 Å². The predicted molar refractivity (Wildman–Crippen MR) is 148 cm³/mol. The molecule has 1 atom stereocenters. The summed E-state index contributed by atoms with van der Waals surface area (Å²) in [5, 5.41) is 2.89. The minimum Gasteiger partial charge on any atom is -0.343 e. The molecule has 2 aromatic rings. The van der Waals surface area contributed by atoms with Crippen LogP contribution in [0.3, 0.4) is 0 Å². The Bertz CT molecular complexity index is 1220. The van der Waals surface area contributed by atoms with Gasteiger partial charge in [0, 0.05) is 25.0 Å². The van der Waals surface area contributed by atoms with E-state index in [2.05, 4.69) is 5.32 Å². The number of piperidine rings is 1. The molecule has 2 aromatic carbocycles. The lowest BCUT2D eigenvalue weighted by Crippen LogP contribution is -2.58. The highest BCUT2D eigenvalue weighted by molar-refractivity contribution is 7.92. The van der Waals surface area contributed by atoms with Gasteiger partial charge in [-0.2, -0.15) is 0 Å². The Balaban J connectivity index is 0.00000380. The van der Waals surface area contributed by atoms with Crippen LogP contribution in [0.5, 0.6) is 0 Å². The number of carbonyl (C=O) groups excluding carboxylic acids is 2. The number of nitrogens with one attached hydrogen (secondary N) is 1. The molecule has 8 nitrogen and oxygen atoms in total. The lowest BCUT2D eigenvalue weighted by atomic mass is 9.74. The van der Waals surface area contributed by atoms with Crippen molar-refractivity contribution in [3.05, 3.63) is 65.7 Å². The number of nitrogens with two attached hydrogens (primary N) is 1. The van der Waals surface area contributed by atoms with Crippen LogP contribution in [0.1, 0.15) is 44.2 Å². The highest BCUT2D eigenvalue weighted by Crippen LogP contribution is 2.47. The monoisotopic (exact) mass is 548 g/mol. The van der Waals surface area contributed by atoms with Gasteiger partial charge in [-0.15, -0.1) is 12.4 Å². The Labute approximate surface area is 226 Å². The summed E-state index contributed by atoms with van der Waals surface area (Å²) in [4.78, 5) is 28.1. The number of fused-ring (bicyclic) bond motifs is 2. The van der Waals surface area contributed by atoms with E-state index in [0.717, 1.165) is 16.8 Å². The lowest BCUT2D eigenvalue weighted by Gasteiger charge is -2.41. The average Bonchev–Trinajstić information content (AvgIpc) is 3.16. The number of likely N-dealkylation sites (tertiary alicyclic amines) is 1. The van der Waals surface area contributed by atoms with E-state index < -0.39 is 21.6 Å². The van der Waals surface area contributed by atoms with Gasteiger partial charge in [-0.05, 0) is 56.7 Å². The van der Waals surface area contributed by atoms with Crippen LogP contribution in [0.2, 0.25) is 0 Å². The molecule has 0 aromatic heterocycles. The number of aryl methyl sites for hydroxylation is 1. The first-order valence-corrected chi connectivity index (χ1v) is 14.3. The van der Waals surface area contributed by atoms with Gasteiger partial charge in [0.1, 0.15) is 6.04 Å². The number of hydrogen-bond donors (Lipinski definition) is 2. The molecule has 37 heavy (non-hydrogen) atoms. The summed E-state index contributed by atoms with van der Waals surface area (Å²) in [6, 6.07) is 16.8. The third kappa shape index (κ3) is 6.27. The molecule has 2 heterocycles. The van der Waals surface area contributed by atoms with Crippen LogP contribution >= 0.6 is 12.4 Å². The quantitative estimate of drug-likeness (QED) is 0.552. The molecule has 0 aliphatic carbocycles. The van der Waals surface area contributed by atoms with Crippen LogP contribution in [0, 0.1) is 0 Å². The molecule has 0 radical (unpaired) electrons. The Kier molecular flexibility index (Phi) is 8.61. The molecule has 4 rings (SSSR count).